The minimum absolute atomic E-state index is 0.313. The first-order valence-electron chi connectivity index (χ1n) is 7.43. The van der Waals surface area contributed by atoms with E-state index in [1.165, 1.54) is 28.0 Å². The summed E-state index contributed by atoms with van der Waals surface area (Å²) in [5.74, 6) is 0. The molecule has 0 unspecified atom stereocenters. The van der Waals surface area contributed by atoms with E-state index in [2.05, 4.69) is 0 Å². The molecular formula is C17H21N3O2S2. The van der Waals surface area contributed by atoms with Crippen molar-refractivity contribution in [2.45, 2.75) is 39.8 Å². The number of thiophene rings is 1. The predicted molar refractivity (Wildman–Crippen MR) is 101 cm³/mol. The summed E-state index contributed by atoms with van der Waals surface area (Å²) in [6.07, 6.45) is 0.612. The van der Waals surface area contributed by atoms with Gasteiger partial charge < -0.3 is 10.1 Å². The fourth-order valence-corrected chi connectivity index (χ4v) is 3.70. The molecule has 2 rings (SSSR count). The van der Waals surface area contributed by atoms with E-state index >= 15 is 0 Å². The fraction of sp³-hybridized carbons (Fsp3) is 0.353. The summed E-state index contributed by atoms with van der Waals surface area (Å²) in [4.78, 5) is 15.7. The van der Waals surface area contributed by atoms with Crippen molar-refractivity contribution in [3.05, 3.63) is 44.0 Å². The molecule has 0 radical (unpaired) electrons. The summed E-state index contributed by atoms with van der Waals surface area (Å²) < 4.78 is 5.51. The lowest BCUT2D eigenvalue weighted by Crippen LogP contribution is -2.37. The van der Waals surface area contributed by atoms with Crippen molar-refractivity contribution in [3.63, 3.8) is 0 Å². The van der Waals surface area contributed by atoms with Crippen LogP contribution in [-0.2, 0) is 11.3 Å². The molecule has 7 heteroatoms. The smallest absolute Gasteiger partial charge is 0.415 e. The normalized spacial score (nSPS) is 16.7. The molecule has 1 aromatic heterocycles. The molecule has 1 aromatic rings. The summed E-state index contributed by atoms with van der Waals surface area (Å²) in [6, 6.07) is 3.85. The first-order valence-corrected chi connectivity index (χ1v) is 9.19. The number of hydrogen-bond donors (Lipinski definition) is 2. The first-order chi connectivity index (χ1) is 11.2. The van der Waals surface area contributed by atoms with Gasteiger partial charge in [-0.05, 0) is 50.1 Å². The second-order valence-corrected chi connectivity index (χ2v) is 8.21. The van der Waals surface area contributed by atoms with Crippen LogP contribution in [0.15, 0.2) is 39.1 Å². The molecule has 0 fully saturated rings. The van der Waals surface area contributed by atoms with E-state index < -0.39 is 11.7 Å². The summed E-state index contributed by atoms with van der Waals surface area (Å²) >= 11 is 2.90. The van der Waals surface area contributed by atoms with Crippen LogP contribution in [0.1, 0.15) is 32.6 Å². The van der Waals surface area contributed by atoms with E-state index in [-0.39, 0.29) is 0 Å². The van der Waals surface area contributed by atoms with Gasteiger partial charge in [-0.2, -0.15) is 0 Å². The Labute approximate surface area is 150 Å². The first kappa shape index (κ1) is 18.5. The Morgan fingerprint density at radius 1 is 1.42 bits per heavy atom. The Hall–Kier alpha value is -1.86. The van der Waals surface area contributed by atoms with Crippen molar-refractivity contribution in [1.29, 1.82) is 10.8 Å². The minimum Gasteiger partial charge on any atom is -0.443 e. The molecule has 2 N–H and O–H groups in total. The molecular weight excluding hydrogens is 342 g/mol. The summed E-state index contributed by atoms with van der Waals surface area (Å²) in [5, 5.41) is 19.8. The van der Waals surface area contributed by atoms with Crippen molar-refractivity contribution in [2.24, 2.45) is 0 Å². The van der Waals surface area contributed by atoms with Gasteiger partial charge in [0.05, 0.1) is 22.9 Å². The van der Waals surface area contributed by atoms with Gasteiger partial charge in [-0.1, -0.05) is 17.8 Å². The van der Waals surface area contributed by atoms with E-state index in [0.717, 1.165) is 16.7 Å². The molecule has 5 nitrogen and oxygen atoms in total. The number of rotatable bonds is 4. The van der Waals surface area contributed by atoms with Crippen LogP contribution in [0.5, 0.6) is 0 Å². The van der Waals surface area contributed by atoms with Crippen LogP contribution in [0.3, 0.4) is 0 Å². The predicted octanol–water partition coefficient (Wildman–Crippen LogP) is 5.02. The summed E-state index contributed by atoms with van der Waals surface area (Å²) in [6.45, 7) is 7.59. The highest BCUT2D eigenvalue weighted by Crippen LogP contribution is 2.34. The van der Waals surface area contributed by atoms with E-state index in [1.54, 1.807) is 0 Å². The number of carbonyl (C=O) groups is 1. The van der Waals surface area contributed by atoms with Crippen LogP contribution >= 0.6 is 23.1 Å². The van der Waals surface area contributed by atoms with E-state index in [0.29, 0.717) is 22.9 Å². The van der Waals surface area contributed by atoms with Gasteiger partial charge in [-0.3, -0.25) is 10.3 Å². The van der Waals surface area contributed by atoms with Crippen LogP contribution < -0.4 is 0 Å². The Bertz CT molecular complexity index is 713. The Morgan fingerprint density at radius 2 is 2.12 bits per heavy atom. The van der Waals surface area contributed by atoms with Crippen molar-refractivity contribution in [2.75, 3.05) is 0 Å². The van der Waals surface area contributed by atoms with Crippen LogP contribution in [0.4, 0.5) is 4.79 Å². The third-order valence-electron chi connectivity index (χ3n) is 3.14. The summed E-state index contributed by atoms with van der Waals surface area (Å²) in [5.41, 5.74) is 0.932. The number of hydrogen-bond acceptors (Lipinski definition) is 6. The third kappa shape index (κ3) is 4.36. The van der Waals surface area contributed by atoms with Crippen molar-refractivity contribution in [3.8, 4) is 0 Å². The molecule has 1 amide bonds. The quantitative estimate of drug-likeness (QED) is 0.738. The van der Waals surface area contributed by atoms with Gasteiger partial charge in [-0.15, -0.1) is 11.3 Å². The van der Waals surface area contributed by atoms with Crippen molar-refractivity contribution >= 4 is 41.1 Å². The molecule has 0 aliphatic carbocycles. The maximum atomic E-state index is 12.7. The lowest BCUT2D eigenvalue weighted by Gasteiger charge is -2.28. The summed E-state index contributed by atoms with van der Waals surface area (Å²) in [7, 11) is 0. The Kier molecular flexibility index (Phi) is 5.66. The average Bonchev–Trinajstić information content (AvgIpc) is 3.10. The van der Waals surface area contributed by atoms with Gasteiger partial charge in [0.25, 0.3) is 0 Å². The topological polar surface area (TPSA) is 77.2 Å². The minimum atomic E-state index is -0.632. The number of allylic oxidation sites excluding steroid dienone is 3. The highest BCUT2D eigenvalue weighted by atomic mass is 32.2. The Balaban J connectivity index is 2.40. The largest absolute Gasteiger partial charge is 0.443 e. The van der Waals surface area contributed by atoms with Gasteiger partial charge in [0.15, 0.2) is 0 Å². The number of amides is 1. The average molecular weight is 364 g/mol. The number of thioether (sulfide) groups is 1. The van der Waals surface area contributed by atoms with Gasteiger partial charge in [0, 0.05) is 11.1 Å². The zero-order chi connectivity index (χ0) is 17.9. The molecule has 0 aromatic carbocycles. The fourth-order valence-electron chi connectivity index (χ4n) is 2.02. The molecule has 128 valence electrons. The second-order valence-electron chi connectivity index (χ2n) is 6.30. The van der Waals surface area contributed by atoms with Gasteiger partial charge in [0.2, 0.25) is 0 Å². The Morgan fingerprint density at radius 3 is 2.58 bits per heavy atom. The zero-order valence-corrected chi connectivity index (χ0v) is 15.8. The highest BCUT2D eigenvalue weighted by molar-refractivity contribution is 8.07. The molecule has 1 aliphatic heterocycles. The number of ether oxygens (including phenoxy) is 1. The lowest BCUT2D eigenvalue weighted by atomic mass is 10.1. The van der Waals surface area contributed by atoms with E-state index in [1.807, 2.05) is 50.6 Å². The maximum absolute atomic E-state index is 12.7. The van der Waals surface area contributed by atoms with Crippen molar-refractivity contribution in [1.82, 2.24) is 4.90 Å². The maximum Gasteiger partial charge on any atom is 0.415 e. The zero-order valence-electron chi connectivity index (χ0n) is 14.2. The van der Waals surface area contributed by atoms with Crippen LogP contribution in [-0.4, -0.2) is 28.5 Å². The number of nitrogens with one attached hydrogen (secondary N) is 2. The standard InChI is InChI=1S/C17H21N3O2S2/c1-11-10-24-15(14(11)19)13(8-18)20(9-12-6-5-7-23-12)16(21)22-17(2,3)4/h5-8,10,18-19H,9H2,1-4H3/b15-13-,18-8?,19-14?. The SMILES string of the molecule is CC1=CS/C(=C(/C=N)N(Cc2cccs2)C(=O)OC(C)(C)C)C1=N. The molecule has 24 heavy (non-hydrogen) atoms. The van der Waals surface area contributed by atoms with E-state index in [9.17, 15) is 4.79 Å². The van der Waals surface area contributed by atoms with E-state index in [4.69, 9.17) is 15.6 Å². The molecule has 0 spiro atoms. The molecule has 0 saturated heterocycles. The monoisotopic (exact) mass is 363 g/mol. The van der Waals surface area contributed by atoms with Crippen LogP contribution in [0.2, 0.25) is 0 Å². The molecule has 0 atom stereocenters. The highest BCUT2D eigenvalue weighted by Gasteiger charge is 2.29. The van der Waals surface area contributed by atoms with Crippen LogP contribution in [0.25, 0.3) is 0 Å². The lowest BCUT2D eigenvalue weighted by molar-refractivity contribution is 0.0313. The van der Waals surface area contributed by atoms with Gasteiger partial charge >= 0.3 is 6.09 Å². The molecule has 0 saturated carbocycles. The van der Waals surface area contributed by atoms with Crippen molar-refractivity contribution < 1.29 is 9.53 Å². The van der Waals surface area contributed by atoms with Gasteiger partial charge in [0.1, 0.15) is 5.60 Å². The number of carbonyl (C=O) groups excluding carboxylic acids is 1. The second kappa shape index (κ2) is 7.36. The molecule has 0 bridgehead atoms. The van der Waals surface area contributed by atoms with Gasteiger partial charge in [-0.25, -0.2) is 4.79 Å². The van der Waals surface area contributed by atoms with Crippen LogP contribution in [0, 0.1) is 10.8 Å². The number of nitrogens with zero attached hydrogens (tertiary/aromatic N) is 1. The molecule has 1 aliphatic rings. The third-order valence-corrected chi connectivity index (χ3v) is 5.12. The molecule has 2 heterocycles.